The molecule has 3 rings (SSSR count). The average Bonchev–Trinajstić information content (AvgIpc) is 2.78. The standard InChI is InChI=1S/C22H25N5O.C2H6/c1-27(15-18-8-5-7-17-6-3-4-9-20(17)18)22(26-21(23)24)25-14-16-10-12-19(28-2)13-11-16;1-2/h3-13H,14-15H2,1-2H3,(H4,23,24,25,26);1-2H3. The Hall–Kier alpha value is -3.54. The number of benzene rings is 3. The molecule has 30 heavy (non-hydrogen) atoms. The van der Waals surface area contributed by atoms with Crippen molar-refractivity contribution in [1.82, 2.24) is 4.90 Å². The first-order valence-electron chi connectivity index (χ1n) is 10.0. The van der Waals surface area contributed by atoms with Gasteiger partial charge in [0.1, 0.15) is 5.75 Å². The van der Waals surface area contributed by atoms with E-state index in [-0.39, 0.29) is 5.96 Å². The smallest absolute Gasteiger partial charge is 0.224 e. The Morgan fingerprint density at radius 3 is 2.27 bits per heavy atom. The molecule has 0 aromatic heterocycles. The number of hydrogen-bond donors (Lipinski definition) is 2. The Labute approximate surface area is 178 Å². The topological polar surface area (TPSA) is 89.2 Å². The quantitative estimate of drug-likeness (QED) is 0.493. The zero-order valence-electron chi connectivity index (χ0n) is 18.2. The number of rotatable bonds is 5. The highest BCUT2D eigenvalue weighted by atomic mass is 16.5. The van der Waals surface area contributed by atoms with E-state index in [9.17, 15) is 0 Å². The van der Waals surface area contributed by atoms with Gasteiger partial charge < -0.3 is 21.1 Å². The second-order valence-corrected chi connectivity index (χ2v) is 6.50. The van der Waals surface area contributed by atoms with Crippen LogP contribution in [0.25, 0.3) is 10.8 Å². The zero-order chi connectivity index (χ0) is 21.9. The third kappa shape index (κ3) is 6.24. The van der Waals surface area contributed by atoms with Crippen molar-refractivity contribution in [3.8, 4) is 5.75 Å². The van der Waals surface area contributed by atoms with E-state index in [1.165, 1.54) is 16.3 Å². The van der Waals surface area contributed by atoms with Crippen molar-refractivity contribution >= 4 is 22.7 Å². The highest BCUT2D eigenvalue weighted by Gasteiger charge is 2.09. The molecule has 0 fully saturated rings. The summed E-state index contributed by atoms with van der Waals surface area (Å²) < 4.78 is 5.19. The van der Waals surface area contributed by atoms with Crippen LogP contribution in [0.4, 0.5) is 0 Å². The summed E-state index contributed by atoms with van der Waals surface area (Å²) in [6.45, 7) is 5.11. The summed E-state index contributed by atoms with van der Waals surface area (Å²) in [5.41, 5.74) is 13.5. The van der Waals surface area contributed by atoms with E-state index in [4.69, 9.17) is 16.2 Å². The van der Waals surface area contributed by atoms with Gasteiger partial charge in [0.25, 0.3) is 0 Å². The molecule has 0 radical (unpaired) electrons. The minimum absolute atomic E-state index is 0.0155. The summed E-state index contributed by atoms with van der Waals surface area (Å²) in [7, 11) is 3.58. The van der Waals surface area contributed by atoms with Crippen molar-refractivity contribution in [2.75, 3.05) is 14.2 Å². The summed E-state index contributed by atoms with van der Waals surface area (Å²) in [5.74, 6) is 1.28. The van der Waals surface area contributed by atoms with Crippen LogP contribution in [-0.4, -0.2) is 31.0 Å². The highest BCUT2D eigenvalue weighted by molar-refractivity contribution is 5.93. The number of nitrogens with zero attached hydrogens (tertiary/aromatic N) is 3. The Kier molecular flexibility index (Phi) is 8.69. The van der Waals surface area contributed by atoms with Crippen LogP contribution < -0.4 is 16.2 Å². The number of hydrogen-bond acceptors (Lipinski definition) is 2. The molecule has 0 aliphatic rings. The van der Waals surface area contributed by atoms with Crippen LogP contribution in [0.15, 0.2) is 76.7 Å². The number of fused-ring (bicyclic) bond motifs is 1. The van der Waals surface area contributed by atoms with Gasteiger partial charge >= 0.3 is 0 Å². The van der Waals surface area contributed by atoms with Crippen LogP contribution in [0.1, 0.15) is 25.0 Å². The van der Waals surface area contributed by atoms with Crippen LogP contribution in [-0.2, 0) is 13.1 Å². The van der Waals surface area contributed by atoms with Crippen LogP contribution in [0, 0.1) is 0 Å². The van der Waals surface area contributed by atoms with Gasteiger partial charge in [-0.15, -0.1) is 0 Å². The first-order valence-corrected chi connectivity index (χ1v) is 10.0. The second-order valence-electron chi connectivity index (χ2n) is 6.50. The van der Waals surface area contributed by atoms with Crippen LogP contribution in [0.3, 0.4) is 0 Å². The predicted molar refractivity (Wildman–Crippen MR) is 127 cm³/mol. The van der Waals surface area contributed by atoms with Crippen molar-refractivity contribution in [3.05, 3.63) is 77.9 Å². The largest absolute Gasteiger partial charge is 0.497 e. The van der Waals surface area contributed by atoms with Crippen LogP contribution in [0.5, 0.6) is 5.75 Å². The fourth-order valence-electron chi connectivity index (χ4n) is 3.01. The third-order valence-electron chi connectivity index (χ3n) is 4.42. The Bertz CT molecular complexity index is 987. The fraction of sp³-hybridized carbons (Fsp3) is 0.250. The summed E-state index contributed by atoms with van der Waals surface area (Å²) in [5, 5.41) is 2.41. The average molecular weight is 406 g/mol. The van der Waals surface area contributed by atoms with Gasteiger partial charge in [-0.05, 0) is 34.0 Å². The number of guanidine groups is 2. The van der Waals surface area contributed by atoms with Gasteiger partial charge in [-0.1, -0.05) is 68.4 Å². The van der Waals surface area contributed by atoms with Crippen molar-refractivity contribution in [2.45, 2.75) is 26.9 Å². The van der Waals surface area contributed by atoms with E-state index < -0.39 is 0 Å². The molecule has 0 atom stereocenters. The van der Waals surface area contributed by atoms with E-state index in [0.717, 1.165) is 11.3 Å². The van der Waals surface area contributed by atoms with E-state index in [0.29, 0.717) is 19.0 Å². The number of nitrogens with two attached hydrogens (primary N) is 2. The van der Waals surface area contributed by atoms with Crippen molar-refractivity contribution in [3.63, 3.8) is 0 Å². The zero-order valence-corrected chi connectivity index (χ0v) is 18.2. The van der Waals surface area contributed by atoms with E-state index >= 15 is 0 Å². The molecule has 6 nitrogen and oxygen atoms in total. The summed E-state index contributed by atoms with van der Waals surface area (Å²) >= 11 is 0. The van der Waals surface area contributed by atoms with Crippen LogP contribution >= 0.6 is 0 Å². The number of ether oxygens (including phenoxy) is 1. The monoisotopic (exact) mass is 405 g/mol. The lowest BCUT2D eigenvalue weighted by molar-refractivity contribution is 0.414. The number of aliphatic imine (C=N–C) groups is 2. The molecule has 0 unspecified atom stereocenters. The molecule has 0 aliphatic heterocycles. The number of methoxy groups -OCH3 is 1. The molecule has 0 amide bonds. The Balaban J connectivity index is 0.00000155. The highest BCUT2D eigenvalue weighted by Crippen LogP contribution is 2.20. The molecule has 3 aromatic rings. The van der Waals surface area contributed by atoms with Gasteiger partial charge in [-0.25, -0.2) is 4.99 Å². The first-order chi connectivity index (χ1) is 14.6. The van der Waals surface area contributed by atoms with Crippen molar-refractivity contribution in [1.29, 1.82) is 0 Å². The molecule has 0 aliphatic carbocycles. The van der Waals surface area contributed by atoms with Gasteiger partial charge in [0.15, 0.2) is 5.96 Å². The SMILES string of the molecule is CC.COc1ccc(CN=C(N=C(N)N)N(C)Cc2cccc3ccccc23)cc1. The Morgan fingerprint density at radius 2 is 1.60 bits per heavy atom. The Morgan fingerprint density at radius 1 is 0.933 bits per heavy atom. The lowest BCUT2D eigenvalue weighted by Gasteiger charge is -2.19. The van der Waals surface area contributed by atoms with Crippen LogP contribution in [0.2, 0.25) is 0 Å². The minimum atomic E-state index is -0.0155. The van der Waals surface area contributed by atoms with Crippen molar-refractivity contribution < 1.29 is 4.74 Å². The van der Waals surface area contributed by atoms with E-state index in [1.807, 2.05) is 62.2 Å². The normalized spacial score (nSPS) is 10.7. The molecule has 0 saturated heterocycles. The molecule has 3 aromatic carbocycles. The second kappa shape index (κ2) is 11.5. The predicted octanol–water partition coefficient (Wildman–Crippen LogP) is 4.14. The molecule has 0 saturated carbocycles. The van der Waals surface area contributed by atoms with Gasteiger partial charge in [-0.3, -0.25) is 0 Å². The molecule has 4 N–H and O–H groups in total. The van der Waals surface area contributed by atoms with Gasteiger partial charge in [0, 0.05) is 13.6 Å². The molecule has 0 spiro atoms. The molecular formula is C24H31N5O. The lowest BCUT2D eigenvalue weighted by atomic mass is 10.0. The van der Waals surface area contributed by atoms with E-state index in [1.54, 1.807) is 7.11 Å². The molecule has 158 valence electrons. The summed E-state index contributed by atoms with van der Waals surface area (Å²) in [6.07, 6.45) is 0. The summed E-state index contributed by atoms with van der Waals surface area (Å²) in [4.78, 5) is 10.8. The summed E-state index contributed by atoms with van der Waals surface area (Å²) in [6, 6.07) is 22.3. The maximum absolute atomic E-state index is 5.63. The minimum Gasteiger partial charge on any atom is -0.497 e. The van der Waals surface area contributed by atoms with Gasteiger partial charge in [0.2, 0.25) is 5.96 Å². The maximum atomic E-state index is 5.63. The van der Waals surface area contributed by atoms with Gasteiger partial charge in [-0.2, -0.15) is 4.99 Å². The fourth-order valence-corrected chi connectivity index (χ4v) is 3.01. The molecule has 6 heteroatoms. The molecule has 0 heterocycles. The molecular weight excluding hydrogens is 374 g/mol. The third-order valence-corrected chi connectivity index (χ3v) is 4.42. The van der Waals surface area contributed by atoms with E-state index in [2.05, 4.69) is 40.3 Å². The molecule has 0 bridgehead atoms. The first kappa shape index (κ1) is 22.7. The van der Waals surface area contributed by atoms with Gasteiger partial charge in [0.05, 0.1) is 13.7 Å². The maximum Gasteiger partial charge on any atom is 0.224 e. The van der Waals surface area contributed by atoms with Crippen molar-refractivity contribution in [2.24, 2.45) is 21.5 Å². The lowest BCUT2D eigenvalue weighted by Crippen LogP contribution is -2.31.